The molecule has 0 saturated heterocycles. The van der Waals surface area contributed by atoms with Crippen molar-refractivity contribution in [3.63, 3.8) is 0 Å². The molecule has 0 spiro atoms. The average molecular weight is 205 g/mol. The highest BCUT2D eigenvalue weighted by atomic mass is 15.2. The van der Waals surface area contributed by atoms with Crippen LogP contribution in [0.15, 0.2) is 5.11 Å². The van der Waals surface area contributed by atoms with Crippen molar-refractivity contribution in [2.24, 2.45) is 21.9 Å². The largest absolute Gasteiger partial charge is 0.0872 e. The topological polar surface area (TPSA) is 48.8 Å². The van der Waals surface area contributed by atoms with Crippen molar-refractivity contribution < 1.29 is 0 Å². The molecule has 0 aromatic carbocycles. The number of rotatable bonds is 1. The zero-order chi connectivity index (χ0) is 10.7. The van der Waals surface area contributed by atoms with Gasteiger partial charge in [-0.3, -0.25) is 0 Å². The quantitative estimate of drug-likeness (QED) is 0.352. The minimum atomic E-state index is -0.0162. The third kappa shape index (κ3) is 1.29. The summed E-state index contributed by atoms with van der Waals surface area (Å²) in [6, 6.07) is 0. The lowest BCUT2D eigenvalue weighted by atomic mass is 9.43. The maximum absolute atomic E-state index is 8.75. The highest BCUT2D eigenvalue weighted by Crippen LogP contribution is 2.67. The molecule has 4 aliphatic carbocycles. The van der Waals surface area contributed by atoms with Gasteiger partial charge in [-0.2, -0.15) is 0 Å². The van der Waals surface area contributed by atoms with Crippen LogP contribution in [0, 0.1) is 16.7 Å². The Morgan fingerprint density at radius 2 is 1.67 bits per heavy atom. The van der Waals surface area contributed by atoms with Crippen LogP contribution in [0.1, 0.15) is 52.4 Å². The normalized spacial score (nSPS) is 56.5. The molecule has 0 aliphatic heterocycles. The summed E-state index contributed by atoms with van der Waals surface area (Å²) in [6.45, 7) is 4.80. The van der Waals surface area contributed by atoms with Gasteiger partial charge in [-0.1, -0.05) is 19.0 Å². The van der Waals surface area contributed by atoms with Gasteiger partial charge in [0, 0.05) is 4.91 Å². The van der Waals surface area contributed by atoms with Crippen molar-refractivity contribution in [2.75, 3.05) is 0 Å². The van der Waals surface area contributed by atoms with E-state index in [0.717, 1.165) is 25.2 Å². The lowest BCUT2D eigenvalue weighted by Gasteiger charge is -2.64. The van der Waals surface area contributed by atoms with Crippen LogP contribution in [0.25, 0.3) is 10.4 Å². The first-order chi connectivity index (χ1) is 6.97. The van der Waals surface area contributed by atoms with E-state index in [9.17, 15) is 0 Å². The molecule has 4 fully saturated rings. The van der Waals surface area contributed by atoms with Crippen molar-refractivity contribution in [2.45, 2.75) is 57.9 Å². The maximum atomic E-state index is 8.75. The second kappa shape index (κ2) is 2.52. The van der Waals surface area contributed by atoms with Gasteiger partial charge in [0.25, 0.3) is 0 Å². The fourth-order valence-corrected chi connectivity index (χ4v) is 5.59. The first-order valence-electron chi connectivity index (χ1n) is 6.03. The molecule has 3 heteroatoms. The fourth-order valence-electron chi connectivity index (χ4n) is 5.59. The Bertz CT molecular complexity index is 338. The van der Waals surface area contributed by atoms with Crippen LogP contribution in [0.2, 0.25) is 0 Å². The molecule has 0 N–H and O–H groups in total. The van der Waals surface area contributed by atoms with Gasteiger partial charge >= 0.3 is 0 Å². The fraction of sp³-hybridized carbons (Fsp3) is 1.00. The average Bonchev–Trinajstić information content (AvgIpc) is 1.94. The highest BCUT2D eigenvalue weighted by molar-refractivity contribution is 5.14. The molecule has 4 bridgehead atoms. The summed E-state index contributed by atoms with van der Waals surface area (Å²) in [6.07, 6.45) is 7.50. The van der Waals surface area contributed by atoms with Crippen LogP contribution < -0.4 is 0 Å². The molecule has 0 radical (unpaired) electrons. The lowest BCUT2D eigenvalue weighted by Crippen LogP contribution is -2.57. The van der Waals surface area contributed by atoms with Gasteiger partial charge in [0.05, 0.1) is 5.54 Å². The van der Waals surface area contributed by atoms with Crippen LogP contribution in [0.5, 0.6) is 0 Å². The summed E-state index contributed by atoms with van der Waals surface area (Å²) in [5, 5.41) is 4.19. The number of nitrogens with zero attached hydrogens (tertiary/aromatic N) is 3. The summed E-state index contributed by atoms with van der Waals surface area (Å²) >= 11 is 0. The number of hydrogen-bond acceptors (Lipinski definition) is 1. The highest BCUT2D eigenvalue weighted by Gasteiger charge is 2.59. The maximum Gasteiger partial charge on any atom is 0.0501 e. The first-order valence-corrected chi connectivity index (χ1v) is 6.03. The SMILES string of the molecule is C[C@]12CC3CC(N=[N+]=[N-])(C1)C[C@](C)(C3)C2. The molecule has 4 aliphatic rings. The van der Waals surface area contributed by atoms with Gasteiger partial charge in [-0.05, 0) is 60.8 Å². The summed E-state index contributed by atoms with van der Waals surface area (Å²) in [7, 11) is 0. The van der Waals surface area contributed by atoms with E-state index in [1.54, 1.807) is 0 Å². The zero-order valence-electron chi connectivity index (χ0n) is 9.66. The van der Waals surface area contributed by atoms with Crippen LogP contribution >= 0.6 is 0 Å². The van der Waals surface area contributed by atoms with Gasteiger partial charge in [-0.25, -0.2) is 0 Å². The minimum Gasteiger partial charge on any atom is -0.0872 e. The van der Waals surface area contributed by atoms with Crippen LogP contribution in [-0.4, -0.2) is 5.54 Å². The standard InChI is InChI=1S/C12H19N3/c1-10-3-9-4-11(2,6-10)8-12(5-9,7-10)14-15-13/h9H,3-8H2,1-2H3/t9?,10-,11-,12?/m1/s1. The van der Waals surface area contributed by atoms with E-state index in [4.69, 9.17) is 5.53 Å². The van der Waals surface area contributed by atoms with Crippen molar-refractivity contribution >= 4 is 0 Å². The van der Waals surface area contributed by atoms with Crippen molar-refractivity contribution in [3.8, 4) is 0 Å². The minimum absolute atomic E-state index is 0.0162. The Morgan fingerprint density at radius 3 is 2.13 bits per heavy atom. The molecule has 0 aromatic heterocycles. The van der Waals surface area contributed by atoms with Gasteiger partial charge in [0.15, 0.2) is 0 Å². The third-order valence-corrected chi connectivity index (χ3v) is 4.85. The van der Waals surface area contributed by atoms with Crippen molar-refractivity contribution in [1.82, 2.24) is 0 Å². The van der Waals surface area contributed by atoms with E-state index >= 15 is 0 Å². The summed E-state index contributed by atoms with van der Waals surface area (Å²) < 4.78 is 0. The van der Waals surface area contributed by atoms with E-state index in [-0.39, 0.29) is 5.54 Å². The lowest BCUT2D eigenvalue weighted by molar-refractivity contribution is -0.104. The Labute approximate surface area is 90.9 Å². The Balaban J connectivity index is 2.05. The smallest absolute Gasteiger partial charge is 0.0501 e. The molecular formula is C12H19N3. The molecule has 0 aromatic rings. The summed E-state index contributed by atoms with van der Waals surface area (Å²) in [5.74, 6) is 0.821. The molecule has 2 atom stereocenters. The Morgan fingerprint density at radius 1 is 1.07 bits per heavy atom. The number of hydrogen-bond donors (Lipinski definition) is 0. The van der Waals surface area contributed by atoms with Crippen LogP contribution in [0.4, 0.5) is 0 Å². The third-order valence-electron chi connectivity index (χ3n) is 4.85. The molecule has 82 valence electrons. The van der Waals surface area contributed by atoms with Crippen molar-refractivity contribution in [1.29, 1.82) is 0 Å². The van der Waals surface area contributed by atoms with E-state index in [1.807, 2.05) is 0 Å². The monoisotopic (exact) mass is 205 g/mol. The summed E-state index contributed by atoms with van der Waals surface area (Å²) in [5.41, 5.74) is 9.66. The Kier molecular flexibility index (Phi) is 1.60. The predicted molar refractivity (Wildman–Crippen MR) is 59.3 cm³/mol. The molecule has 0 amide bonds. The van der Waals surface area contributed by atoms with Crippen molar-refractivity contribution in [3.05, 3.63) is 10.4 Å². The van der Waals surface area contributed by atoms with E-state index in [2.05, 4.69) is 23.9 Å². The van der Waals surface area contributed by atoms with Gasteiger partial charge in [0.1, 0.15) is 0 Å². The van der Waals surface area contributed by atoms with Gasteiger partial charge in [-0.15, -0.1) is 0 Å². The molecule has 4 saturated carbocycles. The summed E-state index contributed by atoms with van der Waals surface area (Å²) in [4.78, 5) is 3.11. The molecular weight excluding hydrogens is 186 g/mol. The Hall–Kier alpha value is -0.690. The van der Waals surface area contributed by atoms with E-state index < -0.39 is 0 Å². The second-order valence-electron chi connectivity index (χ2n) is 7.04. The van der Waals surface area contributed by atoms with Crippen LogP contribution in [-0.2, 0) is 0 Å². The van der Waals surface area contributed by atoms with Crippen LogP contribution in [0.3, 0.4) is 0 Å². The second-order valence-corrected chi connectivity index (χ2v) is 7.04. The molecule has 4 rings (SSSR count). The molecule has 0 heterocycles. The predicted octanol–water partition coefficient (Wildman–Crippen LogP) is 4.05. The van der Waals surface area contributed by atoms with Gasteiger partial charge < -0.3 is 0 Å². The zero-order valence-corrected chi connectivity index (χ0v) is 9.66. The molecule has 3 nitrogen and oxygen atoms in total. The van der Waals surface area contributed by atoms with E-state index in [0.29, 0.717) is 10.8 Å². The number of azide groups is 1. The van der Waals surface area contributed by atoms with E-state index in [1.165, 1.54) is 19.3 Å². The first kappa shape index (κ1) is 9.53. The molecule has 0 unspecified atom stereocenters. The van der Waals surface area contributed by atoms with Gasteiger partial charge in [0.2, 0.25) is 0 Å². The molecule has 15 heavy (non-hydrogen) atoms.